The fourth-order valence-electron chi connectivity index (χ4n) is 4.19. The molecule has 0 spiro atoms. The maximum Gasteiger partial charge on any atom is 0.490 e. The first-order chi connectivity index (χ1) is 16.3. The predicted molar refractivity (Wildman–Crippen MR) is 123 cm³/mol. The standard InChI is InChI=1S/C20H24ClN5O2.C2HF3O2/c1-9-15(21)7-14(18(28-4)16(9)12-5-13(27)6-12)11(3)26-20-17(10(2)25-26)19(22)23-8-24-20;3-2(4,5)1(6)7/h7-8,11-13,27H,5-6H2,1-4H3,(H2,22,23,24);(H,6,7). The number of nitrogens with zero attached hydrogens (tertiary/aromatic N) is 4. The van der Waals surface area contributed by atoms with Gasteiger partial charge in [-0.05, 0) is 51.2 Å². The van der Waals surface area contributed by atoms with Gasteiger partial charge in [-0.2, -0.15) is 18.3 Å². The average Bonchev–Trinajstić information content (AvgIpc) is 3.10. The molecule has 35 heavy (non-hydrogen) atoms. The molecule has 2 aromatic heterocycles. The number of ether oxygens (including phenoxy) is 1. The number of benzene rings is 1. The number of methoxy groups -OCH3 is 1. The van der Waals surface area contributed by atoms with Crippen molar-refractivity contribution >= 4 is 34.4 Å². The number of hydrogen-bond donors (Lipinski definition) is 3. The number of nitrogen functional groups attached to an aromatic ring is 1. The molecule has 0 amide bonds. The van der Waals surface area contributed by atoms with Crippen LogP contribution in [0.25, 0.3) is 11.0 Å². The monoisotopic (exact) mass is 515 g/mol. The fourth-order valence-corrected chi connectivity index (χ4v) is 4.41. The van der Waals surface area contributed by atoms with Crippen LogP contribution in [0.4, 0.5) is 19.0 Å². The first-order valence-corrected chi connectivity index (χ1v) is 11.0. The largest absolute Gasteiger partial charge is 0.496 e. The Kier molecular flexibility index (Phi) is 7.46. The zero-order valence-electron chi connectivity index (χ0n) is 19.4. The predicted octanol–water partition coefficient (Wildman–Crippen LogP) is 4.17. The summed E-state index contributed by atoms with van der Waals surface area (Å²) in [5.41, 5.74) is 10.5. The van der Waals surface area contributed by atoms with Crippen molar-refractivity contribution in [1.82, 2.24) is 19.7 Å². The first kappa shape index (κ1) is 26.5. The van der Waals surface area contributed by atoms with Crippen molar-refractivity contribution in [3.05, 3.63) is 39.8 Å². The van der Waals surface area contributed by atoms with Crippen molar-refractivity contribution in [3.8, 4) is 5.75 Å². The van der Waals surface area contributed by atoms with Crippen molar-refractivity contribution < 1.29 is 32.9 Å². The van der Waals surface area contributed by atoms with Gasteiger partial charge in [0.25, 0.3) is 0 Å². The fraction of sp³-hybridized carbons (Fsp3) is 0.455. The summed E-state index contributed by atoms with van der Waals surface area (Å²) in [5.74, 6) is -1.30. The van der Waals surface area contributed by atoms with Crippen LogP contribution in [0.2, 0.25) is 5.02 Å². The first-order valence-electron chi connectivity index (χ1n) is 10.6. The van der Waals surface area contributed by atoms with E-state index >= 15 is 0 Å². The SMILES string of the molecule is COc1c(C(C)n2nc(C)c3c(N)ncnc32)cc(Cl)c(C)c1C1CC(O)C1.O=C(O)C(F)(F)F. The lowest BCUT2D eigenvalue weighted by Gasteiger charge is -2.35. The summed E-state index contributed by atoms with van der Waals surface area (Å²) in [6, 6.07) is 1.76. The van der Waals surface area contributed by atoms with Crippen LogP contribution in [0.15, 0.2) is 12.4 Å². The van der Waals surface area contributed by atoms with E-state index in [0.29, 0.717) is 16.5 Å². The van der Waals surface area contributed by atoms with E-state index in [2.05, 4.69) is 15.1 Å². The Hall–Kier alpha value is -3.12. The molecule has 1 saturated carbocycles. The lowest BCUT2D eigenvalue weighted by atomic mass is 9.75. The Balaban J connectivity index is 0.000000429. The van der Waals surface area contributed by atoms with E-state index in [9.17, 15) is 18.3 Å². The molecule has 3 aromatic rings. The van der Waals surface area contributed by atoms with Crippen LogP contribution < -0.4 is 10.5 Å². The van der Waals surface area contributed by atoms with Crippen molar-refractivity contribution in [3.63, 3.8) is 0 Å². The average molecular weight is 516 g/mol. The number of carboxylic acids is 1. The van der Waals surface area contributed by atoms with Gasteiger partial charge in [0, 0.05) is 16.1 Å². The van der Waals surface area contributed by atoms with E-state index in [0.717, 1.165) is 46.4 Å². The highest BCUT2D eigenvalue weighted by atomic mass is 35.5. The summed E-state index contributed by atoms with van der Waals surface area (Å²) in [7, 11) is 1.67. The van der Waals surface area contributed by atoms with Crippen LogP contribution in [0.5, 0.6) is 5.75 Å². The summed E-state index contributed by atoms with van der Waals surface area (Å²) >= 11 is 6.60. The zero-order valence-corrected chi connectivity index (χ0v) is 20.1. The minimum Gasteiger partial charge on any atom is -0.496 e. The van der Waals surface area contributed by atoms with Crippen molar-refractivity contribution in [2.45, 2.75) is 57.9 Å². The topological polar surface area (TPSA) is 136 Å². The number of aliphatic carboxylic acids is 1. The van der Waals surface area contributed by atoms with Crippen LogP contribution in [-0.4, -0.2) is 55.3 Å². The molecule has 1 unspecified atom stereocenters. The Labute approximate surface area is 203 Å². The molecule has 0 bridgehead atoms. The molecular formula is C22H25ClF3N5O4. The third-order valence-corrected chi connectivity index (χ3v) is 6.42. The molecule has 1 aliphatic rings. The minimum absolute atomic E-state index is 0.178. The maximum absolute atomic E-state index is 10.6. The molecular weight excluding hydrogens is 491 g/mol. The van der Waals surface area contributed by atoms with Crippen LogP contribution in [0.1, 0.15) is 54.1 Å². The third kappa shape index (κ3) is 5.13. The Morgan fingerprint density at radius 3 is 2.43 bits per heavy atom. The van der Waals surface area contributed by atoms with E-state index < -0.39 is 12.1 Å². The van der Waals surface area contributed by atoms with Gasteiger partial charge in [0.1, 0.15) is 17.9 Å². The molecule has 0 saturated heterocycles. The van der Waals surface area contributed by atoms with Gasteiger partial charge in [-0.25, -0.2) is 19.4 Å². The number of aliphatic hydroxyl groups excluding tert-OH is 1. The maximum atomic E-state index is 10.6. The molecule has 0 radical (unpaired) electrons. The molecule has 0 aliphatic heterocycles. The number of rotatable bonds is 4. The Morgan fingerprint density at radius 2 is 1.91 bits per heavy atom. The second-order valence-electron chi connectivity index (χ2n) is 8.31. The number of hydrogen-bond acceptors (Lipinski definition) is 7. The van der Waals surface area contributed by atoms with Crippen molar-refractivity contribution in [2.24, 2.45) is 0 Å². The molecule has 4 rings (SSSR count). The van der Waals surface area contributed by atoms with Crippen LogP contribution in [-0.2, 0) is 4.79 Å². The number of nitrogens with two attached hydrogens (primary N) is 1. The lowest BCUT2D eigenvalue weighted by molar-refractivity contribution is -0.192. The highest BCUT2D eigenvalue weighted by Crippen LogP contribution is 2.47. The van der Waals surface area contributed by atoms with Gasteiger partial charge in [-0.3, -0.25) is 0 Å². The molecule has 1 fully saturated rings. The summed E-state index contributed by atoms with van der Waals surface area (Å²) in [4.78, 5) is 17.4. The summed E-state index contributed by atoms with van der Waals surface area (Å²) in [6.07, 6.45) is -2.45. The third-order valence-electron chi connectivity index (χ3n) is 6.03. The molecule has 2 heterocycles. The summed E-state index contributed by atoms with van der Waals surface area (Å²) in [6.45, 7) is 5.93. The van der Waals surface area contributed by atoms with E-state index in [4.69, 9.17) is 32.0 Å². The van der Waals surface area contributed by atoms with Crippen LogP contribution in [0.3, 0.4) is 0 Å². The van der Waals surface area contributed by atoms with Gasteiger partial charge < -0.3 is 20.7 Å². The smallest absolute Gasteiger partial charge is 0.490 e. The highest BCUT2D eigenvalue weighted by molar-refractivity contribution is 6.31. The zero-order chi connectivity index (χ0) is 26.2. The van der Waals surface area contributed by atoms with Gasteiger partial charge in [0.15, 0.2) is 5.65 Å². The quantitative estimate of drug-likeness (QED) is 0.471. The number of aliphatic hydroxyl groups is 1. The molecule has 4 N–H and O–H groups in total. The number of carbonyl (C=O) groups is 1. The number of carboxylic acid groups (broad SMARTS) is 1. The highest BCUT2D eigenvalue weighted by Gasteiger charge is 2.38. The molecule has 1 aliphatic carbocycles. The molecule has 13 heteroatoms. The van der Waals surface area contributed by atoms with E-state index in [1.165, 1.54) is 6.33 Å². The second-order valence-corrected chi connectivity index (χ2v) is 8.72. The van der Waals surface area contributed by atoms with Gasteiger partial charge in [-0.15, -0.1) is 0 Å². The van der Waals surface area contributed by atoms with Gasteiger partial charge >= 0.3 is 12.1 Å². The molecule has 1 aromatic carbocycles. The number of halogens is 4. The Morgan fingerprint density at radius 1 is 1.31 bits per heavy atom. The van der Waals surface area contributed by atoms with Crippen molar-refractivity contribution in [2.75, 3.05) is 12.8 Å². The summed E-state index contributed by atoms with van der Waals surface area (Å²) < 4.78 is 39.4. The summed E-state index contributed by atoms with van der Waals surface area (Å²) in [5, 5.41) is 23.0. The second kappa shape index (κ2) is 9.86. The van der Waals surface area contributed by atoms with Gasteiger partial charge in [0.2, 0.25) is 0 Å². The van der Waals surface area contributed by atoms with Crippen LogP contribution >= 0.6 is 11.6 Å². The number of aromatic nitrogens is 4. The van der Waals surface area contributed by atoms with Crippen LogP contribution in [0, 0.1) is 13.8 Å². The lowest BCUT2D eigenvalue weighted by Crippen LogP contribution is -2.28. The molecule has 9 nitrogen and oxygen atoms in total. The van der Waals surface area contributed by atoms with Crippen molar-refractivity contribution in [1.29, 1.82) is 0 Å². The Bertz CT molecular complexity index is 1260. The normalized spacial score (nSPS) is 18.4. The van der Waals surface area contributed by atoms with Gasteiger partial charge in [-0.1, -0.05) is 11.6 Å². The number of alkyl halides is 3. The number of aryl methyl sites for hydroxylation is 1. The molecule has 1 atom stereocenters. The minimum atomic E-state index is -5.08. The van der Waals surface area contributed by atoms with E-state index in [-0.39, 0.29) is 18.1 Å². The molecule has 190 valence electrons. The number of fused-ring (bicyclic) bond motifs is 1. The number of anilines is 1. The van der Waals surface area contributed by atoms with E-state index in [1.54, 1.807) is 7.11 Å². The van der Waals surface area contributed by atoms with E-state index in [1.807, 2.05) is 31.5 Å². The van der Waals surface area contributed by atoms with Gasteiger partial charge in [0.05, 0.1) is 30.3 Å².